The van der Waals surface area contributed by atoms with Crippen molar-refractivity contribution in [1.29, 1.82) is 0 Å². The summed E-state index contributed by atoms with van der Waals surface area (Å²) in [4.78, 5) is 16.2. The third kappa shape index (κ3) is 5.15. The minimum absolute atomic E-state index is 0.383. The van der Waals surface area contributed by atoms with Gasteiger partial charge in [0.1, 0.15) is 5.69 Å². The molecule has 1 heterocycles. The summed E-state index contributed by atoms with van der Waals surface area (Å²) in [6, 6.07) is 12.1. The minimum Gasteiger partial charge on any atom is -0.364 e. The number of hydrogen-bond donors (Lipinski definition) is 1. The number of nitrogens with two attached hydrogens (primary N) is 1. The van der Waals surface area contributed by atoms with Gasteiger partial charge in [0, 0.05) is 11.8 Å². The Morgan fingerprint density at radius 2 is 1.76 bits per heavy atom. The number of amides is 1. The molecular weight excluding hydrogens is 308 g/mol. The quantitative estimate of drug-likeness (QED) is 0.565. The lowest BCUT2D eigenvalue weighted by Gasteiger charge is -2.21. The van der Waals surface area contributed by atoms with Crippen LogP contribution in [0, 0.1) is 0 Å². The van der Waals surface area contributed by atoms with E-state index in [4.69, 9.17) is 5.73 Å². The summed E-state index contributed by atoms with van der Waals surface area (Å²) in [5.74, 6) is -0.0311. The van der Waals surface area contributed by atoms with Gasteiger partial charge in [-0.1, -0.05) is 76.3 Å². The van der Waals surface area contributed by atoms with Crippen LogP contribution >= 0.6 is 0 Å². The molecule has 1 atom stereocenters. The van der Waals surface area contributed by atoms with Gasteiger partial charge in [-0.25, -0.2) is 0 Å². The molecule has 25 heavy (non-hydrogen) atoms. The summed E-state index contributed by atoms with van der Waals surface area (Å²) in [5, 5.41) is 0. The topological polar surface area (TPSA) is 56.0 Å². The molecule has 0 bridgehead atoms. The summed E-state index contributed by atoms with van der Waals surface area (Å²) < 4.78 is 0. The minimum atomic E-state index is -0.460. The maximum absolute atomic E-state index is 12.0. The van der Waals surface area contributed by atoms with Gasteiger partial charge >= 0.3 is 0 Å². The van der Waals surface area contributed by atoms with Crippen molar-refractivity contribution in [2.24, 2.45) is 5.73 Å². The predicted molar refractivity (Wildman–Crippen MR) is 105 cm³/mol. The van der Waals surface area contributed by atoms with Crippen LogP contribution in [0.3, 0.4) is 0 Å². The van der Waals surface area contributed by atoms with Crippen LogP contribution in [-0.4, -0.2) is 10.9 Å². The number of rotatable bonds is 10. The molecule has 0 radical (unpaired) electrons. The highest BCUT2D eigenvalue weighted by atomic mass is 16.1. The number of nitrogens with zero attached hydrogens (tertiary/aromatic N) is 1. The molecule has 3 heteroatoms. The third-order valence-electron chi connectivity index (χ3n) is 4.87. The average Bonchev–Trinajstić information content (AvgIpc) is 2.65. The zero-order chi connectivity index (χ0) is 18.1. The lowest BCUT2D eigenvalue weighted by molar-refractivity contribution is 0.0996. The van der Waals surface area contributed by atoms with Crippen LogP contribution in [0.2, 0.25) is 0 Å². The van der Waals surface area contributed by atoms with Crippen molar-refractivity contribution in [2.45, 2.75) is 64.7 Å². The molecule has 0 fully saturated rings. The summed E-state index contributed by atoms with van der Waals surface area (Å²) in [7, 11) is 0. The molecule has 3 nitrogen and oxygen atoms in total. The molecule has 0 spiro atoms. The second kappa shape index (κ2) is 9.97. The smallest absolute Gasteiger partial charge is 0.267 e. The first-order valence-electron chi connectivity index (χ1n) is 9.53. The molecular formula is C22H30N2O. The van der Waals surface area contributed by atoms with E-state index in [9.17, 15) is 4.79 Å². The second-order valence-corrected chi connectivity index (χ2v) is 6.66. The largest absolute Gasteiger partial charge is 0.364 e. The summed E-state index contributed by atoms with van der Waals surface area (Å²) in [6.45, 7) is 4.46. The number of carbonyl (C=O) groups is 1. The fourth-order valence-electron chi connectivity index (χ4n) is 3.49. The molecule has 2 aromatic rings. The number of benzene rings is 1. The lowest BCUT2D eigenvalue weighted by Crippen LogP contribution is -2.16. The Morgan fingerprint density at radius 3 is 2.40 bits per heavy atom. The molecule has 0 saturated heterocycles. The van der Waals surface area contributed by atoms with Crippen molar-refractivity contribution in [1.82, 2.24) is 4.98 Å². The van der Waals surface area contributed by atoms with Crippen molar-refractivity contribution in [3.05, 3.63) is 53.9 Å². The molecule has 1 aromatic heterocycles. The summed E-state index contributed by atoms with van der Waals surface area (Å²) >= 11 is 0. The molecule has 1 unspecified atom stereocenters. The van der Waals surface area contributed by atoms with Gasteiger partial charge in [-0.05, 0) is 36.0 Å². The van der Waals surface area contributed by atoms with Gasteiger partial charge in [0.05, 0.1) is 0 Å². The van der Waals surface area contributed by atoms with E-state index in [0.29, 0.717) is 11.6 Å². The van der Waals surface area contributed by atoms with Gasteiger partial charge in [0.25, 0.3) is 5.91 Å². The highest BCUT2D eigenvalue weighted by Gasteiger charge is 2.20. The Labute approximate surface area is 151 Å². The van der Waals surface area contributed by atoms with Crippen LogP contribution in [0.25, 0.3) is 11.1 Å². The number of carbonyl (C=O) groups excluding carboxylic acids is 1. The van der Waals surface area contributed by atoms with Crippen molar-refractivity contribution < 1.29 is 4.79 Å². The third-order valence-corrected chi connectivity index (χ3v) is 4.87. The van der Waals surface area contributed by atoms with E-state index in [2.05, 4.69) is 24.9 Å². The van der Waals surface area contributed by atoms with Crippen LogP contribution < -0.4 is 5.73 Å². The van der Waals surface area contributed by atoms with Gasteiger partial charge < -0.3 is 5.73 Å². The molecule has 134 valence electrons. The van der Waals surface area contributed by atoms with Gasteiger partial charge in [-0.15, -0.1) is 0 Å². The number of aromatic nitrogens is 1. The number of primary amides is 1. The maximum atomic E-state index is 12.0. The first-order chi connectivity index (χ1) is 12.2. The van der Waals surface area contributed by atoms with E-state index in [1.165, 1.54) is 37.7 Å². The number of hydrogen-bond acceptors (Lipinski definition) is 2. The fraction of sp³-hybridized carbons (Fsp3) is 0.455. The van der Waals surface area contributed by atoms with Crippen LogP contribution in [0.5, 0.6) is 0 Å². The highest BCUT2D eigenvalue weighted by Crippen LogP contribution is 2.35. The van der Waals surface area contributed by atoms with E-state index < -0.39 is 5.91 Å². The average molecular weight is 338 g/mol. The fourth-order valence-corrected chi connectivity index (χ4v) is 3.49. The Balaban J connectivity index is 2.32. The van der Waals surface area contributed by atoms with E-state index in [-0.39, 0.29) is 0 Å². The van der Waals surface area contributed by atoms with Crippen LogP contribution in [0.15, 0.2) is 42.6 Å². The van der Waals surface area contributed by atoms with Crippen LogP contribution in [0.4, 0.5) is 0 Å². The molecule has 2 rings (SSSR count). The molecule has 0 aliphatic rings. The number of unbranched alkanes of at least 4 members (excludes halogenated alkanes) is 4. The van der Waals surface area contributed by atoms with Crippen molar-refractivity contribution in [3.63, 3.8) is 0 Å². The van der Waals surface area contributed by atoms with Crippen LogP contribution in [-0.2, 0) is 0 Å². The summed E-state index contributed by atoms with van der Waals surface area (Å²) in [5.41, 5.74) is 9.13. The van der Waals surface area contributed by atoms with Crippen LogP contribution in [0.1, 0.15) is 80.8 Å². The summed E-state index contributed by atoms with van der Waals surface area (Å²) in [6.07, 6.45) is 10.3. The molecule has 2 N–H and O–H groups in total. The Hall–Kier alpha value is -2.16. The zero-order valence-corrected chi connectivity index (χ0v) is 15.5. The van der Waals surface area contributed by atoms with E-state index >= 15 is 0 Å². The second-order valence-electron chi connectivity index (χ2n) is 6.66. The van der Waals surface area contributed by atoms with Gasteiger partial charge in [-0.2, -0.15) is 0 Å². The van der Waals surface area contributed by atoms with E-state index in [1.54, 1.807) is 6.20 Å². The standard InChI is InChI=1S/C22H30N2O/c1-3-5-6-7-9-12-17(4-2)19-15-16-24-21(22(23)25)20(19)18-13-10-8-11-14-18/h8,10-11,13-17H,3-7,9,12H2,1-2H3,(H2,23,25). The molecule has 0 aliphatic heterocycles. The first-order valence-corrected chi connectivity index (χ1v) is 9.53. The molecule has 1 amide bonds. The highest BCUT2D eigenvalue weighted by molar-refractivity contribution is 5.98. The zero-order valence-electron chi connectivity index (χ0n) is 15.5. The number of pyridine rings is 1. The monoisotopic (exact) mass is 338 g/mol. The van der Waals surface area contributed by atoms with E-state index in [0.717, 1.165) is 24.0 Å². The van der Waals surface area contributed by atoms with Gasteiger partial charge in [-0.3, -0.25) is 9.78 Å². The normalized spacial score (nSPS) is 12.1. The van der Waals surface area contributed by atoms with Crippen molar-refractivity contribution in [3.8, 4) is 11.1 Å². The Kier molecular flexibility index (Phi) is 7.65. The lowest BCUT2D eigenvalue weighted by atomic mass is 9.85. The SMILES string of the molecule is CCCCCCCC(CC)c1ccnc(C(N)=O)c1-c1ccccc1. The molecule has 0 aliphatic carbocycles. The maximum Gasteiger partial charge on any atom is 0.267 e. The Bertz CT molecular complexity index is 667. The van der Waals surface area contributed by atoms with Gasteiger partial charge in [0.2, 0.25) is 0 Å². The molecule has 1 aromatic carbocycles. The van der Waals surface area contributed by atoms with Gasteiger partial charge in [0.15, 0.2) is 0 Å². The first kappa shape index (κ1) is 19.2. The molecule has 0 saturated carbocycles. The van der Waals surface area contributed by atoms with E-state index in [1.807, 2.05) is 30.3 Å². The van der Waals surface area contributed by atoms with Crippen molar-refractivity contribution in [2.75, 3.05) is 0 Å². The Morgan fingerprint density at radius 1 is 1.04 bits per heavy atom. The van der Waals surface area contributed by atoms with Crippen molar-refractivity contribution >= 4 is 5.91 Å². The predicted octanol–water partition coefficient (Wildman–Crippen LogP) is 5.70.